The first kappa shape index (κ1) is 10.1. The summed E-state index contributed by atoms with van der Waals surface area (Å²) in [5, 5.41) is 9.38. The van der Waals surface area contributed by atoms with E-state index in [4.69, 9.17) is 0 Å². The number of hydrogen-bond acceptors (Lipinski definition) is 2. The predicted molar refractivity (Wildman–Crippen MR) is 49.7 cm³/mol. The zero-order valence-corrected chi connectivity index (χ0v) is 8.75. The van der Waals surface area contributed by atoms with Gasteiger partial charge in [0.2, 0.25) is 0 Å². The van der Waals surface area contributed by atoms with E-state index >= 15 is 0 Å². The molecule has 0 aromatic carbocycles. The molecule has 0 saturated heterocycles. The van der Waals surface area contributed by atoms with Crippen LogP contribution in [0.4, 0.5) is 0 Å². The molecule has 0 amide bonds. The second-order valence-electron chi connectivity index (χ2n) is 3.93. The van der Waals surface area contributed by atoms with Crippen molar-refractivity contribution < 1.29 is 9.57 Å². The lowest BCUT2D eigenvalue weighted by atomic mass is 9.86. The summed E-state index contributed by atoms with van der Waals surface area (Å²) < 4.78 is 10.9. The van der Waals surface area contributed by atoms with Crippen LogP contribution in [0.1, 0.15) is 32.1 Å². The van der Waals surface area contributed by atoms with Gasteiger partial charge in [0.15, 0.2) is 0 Å². The van der Waals surface area contributed by atoms with Crippen LogP contribution in [0.5, 0.6) is 0 Å². The quantitative estimate of drug-likeness (QED) is 0.684. The third-order valence-electron chi connectivity index (χ3n) is 2.66. The highest BCUT2D eigenvalue weighted by Gasteiger charge is 2.20. The number of hydrogen-bond donors (Lipinski definition) is 1. The van der Waals surface area contributed by atoms with Gasteiger partial charge in [-0.1, -0.05) is 12.8 Å². The Labute approximate surface area is 75.7 Å². The van der Waals surface area contributed by atoms with Crippen molar-refractivity contribution >= 4 is 8.68 Å². The fourth-order valence-electron chi connectivity index (χ4n) is 1.93. The second-order valence-corrected chi connectivity index (χ2v) is 5.83. The molecule has 1 aliphatic carbocycles. The lowest BCUT2D eigenvalue weighted by Crippen LogP contribution is -2.19. The molecule has 1 rings (SSSR count). The van der Waals surface area contributed by atoms with Crippen molar-refractivity contribution in [2.24, 2.45) is 5.92 Å². The van der Waals surface area contributed by atoms with Crippen LogP contribution in [0.2, 0.25) is 12.6 Å². The predicted octanol–water partition coefficient (Wildman–Crippen LogP) is 1.98. The molecule has 1 fully saturated rings. The van der Waals surface area contributed by atoms with Crippen molar-refractivity contribution in [2.45, 2.75) is 50.8 Å². The van der Waals surface area contributed by atoms with Gasteiger partial charge in [-0.15, -0.1) is 0 Å². The molecule has 3 heteroatoms. The van der Waals surface area contributed by atoms with Crippen LogP contribution in [0, 0.1) is 5.92 Å². The van der Waals surface area contributed by atoms with E-state index in [2.05, 4.69) is 0 Å². The van der Waals surface area contributed by atoms with Crippen LogP contribution >= 0.6 is 0 Å². The molecular formula is C9H18O2Si. The molecule has 1 saturated carbocycles. The van der Waals surface area contributed by atoms with E-state index < -0.39 is 8.68 Å². The fraction of sp³-hybridized carbons (Fsp3) is 1.00. The van der Waals surface area contributed by atoms with Crippen molar-refractivity contribution in [2.75, 3.05) is 0 Å². The van der Waals surface area contributed by atoms with Crippen LogP contribution in [0.25, 0.3) is 0 Å². The molecule has 2 unspecified atom stereocenters. The van der Waals surface area contributed by atoms with Gasteiger partial charge in [-0.25, -0.2) is 0 Å². The van der Waals surface area contributed by atoms with Gasteiger partial charge in [0.1, 0.15) is 0 Å². The monoisotopic (exact) mass is 186 g/mol. The summed E-state index contributed by atoms with van der Waals surface area (Å²) in [5.41, 5.74) is 0. The SMILES string of the molecule is C[Si](=O)CCC1CCCC(O)C1. The highest BCUT2D eigenvalue weighted by Crippen LogP contribution is 2.27. The lowest BCUT2D eigenvalue weighted by Gasteiger charge is -2.25. The molecule has 2 nitrogen and oxygen atoms in total. The summed E-state index contributed by atoms with van der Waals surface area (Å²) in [6.45, 7) is 1.82. The lowest BCUT2D eigenvalue weighted by molar-refractivity contribution is 0.0997. The Morgan fingerprint density at radius 1 is 1.50 bits per heavy atom. The van der Waals surface area contributed by atoms with Crippen molar-refractivity contribution in [3.63, 3.8) is 0 Å². The largest absolute Gasteiger partial charge is 0.393 e. The third-order valence-corrected chi connectivity index (χ3v) is 3.65. The molecule has 12 heavy (non-hydrogen) atoms. The Morgan fingerprint density at radius 2 is 2.25 bits per heavy atom. The van der Waals surface area contributed by atoms with E-state index in [1.165, 1.54) is 6.42 Å². The van der Waals surface area contributed by atoms with E-state index in [1.807, 2.05) is 6.55 Å². The third kappa shape index (κ3) is 3.58. The maximum absolute atomic E-state index is 10.9. The van der Waals surface area contributed by atoms with Crippen molar-refractivity contribution in [1.29, 1.82) is 0 Å². The minimum Gasteiger partial charge on any atom is -0.393 e. The molecule has 0 aliphatic heterocycles. The highest BCUT2D eigenvalue weighted by atomic mass is 28.3. The molecule has 1 N–H and O–H groups in total. The Kier molecular flexibility index (Phi) is 4.08. The van der Waals surface area contributed by atoms with E-state index in [0.29, 0.717) is 5.92 Å². The minimum atomic E-state index is -1.28. The normalized spacial score (nSPS) is 30.2. The second kappa shape index (κ2) is 4.87. The number of aliphatic hydroxyl groups is 1. The Hall–Kier alpha value is -0.0231. The standard InChI is InChI=1S/C9H18O2Si/c1-12(11)6-5-8-3-2-4-9(10)7-8/h8-10H,2-7H2,1H3. The summed E-state index contributed by atoms with van der Waals surface area (Å²) in [6, 6.07) is 0.877. The van der Waals surface area contributed by atoms with Crippen molar-refractivity contribution in [3.8, 4) is 0 Å². The number of aliphatic hydroxyl groups excluding tert-OH is 1. The fourth-order valence-corrected chi connectivity index (χ4v) is 2.75. The summed E-state index contributed by atoms with van der Waals surface area (Å²) in [5.74, 6) is 0.641. The van der Waals surface area contributed by atoms with Gasteiger partial charge < -0.3 is 9.57 Å². The van der Waals surface area contributed by atoms with Gasteiger partial charge in [-0.3, -0.25) is 0 Å². The van der Waals surface area contributed by atoms with Gasteiger partial charge >= 0.3 is 0 Å². The molecule has 70 valence electrons. The summed E-state index contributed by atoms with van der Waals surface area (Å²) in [7, 11) is -1.28. The minimum absolute atomic E-state index is 0.0806. The van der Waals surface area contributed by atoms with E-state index in [9.17, 15) is 9.57 Å². The van der Waals surface area contributed by atoms with Gasteiger partial charge in [0.05, 0.1) is 6.10 Å². The van der Waals surface area contributed by atoms with Gasteiger partial charge in [-0.2, -0.15) is 0 Å². The smallest absolute Gasteiger partial charge is 0.273 e. The molecular weight excluding hydrogens is 168 g/mol. The highest BCUT2D eigenvalue weighted by molar-refractivity contribution is 6.40. The van der Waals surface area contributed by atoms with Crippen LogP contribution in [0.15, 0.2) is 0 Å². The van der Waals surface area contributed by atoms with Crippen LogP contribution in [-0.2, 0) is 4.46 Å². The van der Waals surface area contributed by atoms with Crippen molar-refractivity contribution in [3.05, 3.63) is 0 Å². The summed E-state index contributed by atoms with van der Waals surface area (Å²) in [6.07, 6.45) is 5.27. The molecule has 0 aromatic rings. The average Bonchev–Trinajstić information content (AvgIpc) is 2.01. The van der Waals surface area contributed by atoms with Gasteiger partial charge in [0, 0.05) is 0 Å². The first-order valence-electron chi connectivity index (χ1n) is 4.86. The van der Waals surface area contributed by atoms with Crippen LogP contribution in [-0.4, -0.2) is 19.9 Å². The molecule has 0 aromatic heterocycles. The van der Waals surface area contributed by atoms with E-state index in [-0.39, 0.29) is 6.10 Å². The molecule has 0 spiro atoms. The Bertz CT molecular complexity index is 159. The Balaban J connectivity index is 2.18. The molecule has 1 aliphatic rings. The van der Waals surface area contributed by atoms with Gasteiger partial charge in [0.25, 0.3) is 8.68 Å². The molecule has 0 radical (unpaired) electrons. The van der Waals surface area contributed by atoms with E-state index in [0.717, 1.165) is 31.7 Å². The maximum Gasteiger partial charge on any atom is 0.273 e. The average molecular weight is 186 g/mol. The molecule has 2 atom stereocenters. The number of rotatable bonds is 3. The topological polar surface area (TPSA) is 37.3 Å². The van der Waals surface area contributed by atoms with Crippen LogP contribution < -0.4 is 0 Å². The molecule has 0 bridgehead atoms. The van der Waals surface area contributed by atoms with E-state index in [1.54, 1.807) is 0 Å². The Morgan fingerprint density at radius 3 is 2.83 bits per heavy atom. The van der Waals surface area contributed by atoms with Crippen LogP contribution in [0.3, 0.4) is 0 Å². The zero-order valence-electron chi connectivity index (χ0n) is 7.75. The maximum atomic E-state index is 10.9. The summed E-state index contributed by atoms with van der Waals surface area (Å²) >= 11 is 0. The van der Waals surface area contributed by atoms with Crippen molar-refractivity contribution in [1.82, 2.24) is 0 Å². The first-order chi connectivity index (χ1) is 5.68. The van der Waals surface area contributed by atoms with Gasteiger partial charge in [-0.05, 0) is 37.8 Å². The summed E-state index contributed by atoms with van der Waals surface area (Å²) in [4.78, 5) is 0. The molecule has 0 heterocycles. The first-order valence-corrected chi connectivity index (χ1v) is 6.97. The zero-order chi connectivity index (χ0) is 8.97.